The number of carbonyl (C=O) groups is 1. The minimum Gasteiger partial charge on any atom is -0.335 e. The van der Waals surface area contributed by atoms with Crippen molar-refractivity contribution in [2.24, 2.45) is 0 Å². The number of nitrogens with zero attached hydrogens (tertiary/aromatic N) is 1. The van der Waals surface area contributed by atoms with E-state index in [1.54, 1.807) is 0 Å². The largest absolute Gasteiger partial charge is 0.335 e. The third kappa shape index (κ3) is 6.68. The van der Waals surface area contributed by atoms with Crippen molar-refractivity contribution in [3.8, 4) is 0 Å². The summed E-state index contributed by atoms with van der Waals surface area (Å²) < 4.78 is 0. The first-order valence-corrected chi connectivity index (χ1v) is 12.5. The Morgan fingerprint density at radius 1 is 0.853 bits per heavy atom. The van der Waals surface area contributed by atoms with Crippen LogP contribution in [0.1, 0.15) is 60.3 Å². The van der Waals surface area contributed by atoms with E-state index in [0.717, 1.165) is 37.8 Å². The van der Waals surface area contributed by atoms with Crippen molar-refractivity contribution in [3.05, 3.63) is 113 Å². The fraction of sp³-hybridized carbons (Fsp3) is 0.323. The number of amides is 1. The molecule has 0 aliphatic heterocycles. The first-order chi connectivity index (χ1) is 16.7. The quantitative estimate of drug-likeness (QED) is 0.398. The predicted octanol–water partition coefficient (Wildman–Crippen LogP) is 6.56. The van der Waals surface area contributed by atoms with E-state index >= 15 is 0 Å². The average molecular weight is 453 g/mol. The van der Waals surface area contributed by atoms with Gasteiger partial charge in [0.25, 0.3) is 0 Å². The smallest absolute Gasteiger partial charge is 0.226 e. The van der Waals surface area contributed by atoms with Crippen LogP contribution in [0.4, 0.5) is 0 Å². The van der Waals surface area contributed by atoms with Crippen molar-refractivity contribution in [2.45, 2.75) is 57.2 Å². The third-order valence-corrected chi connectivity index (χ3v) is 6.89. The first-order valence-electron chi connectivity index (χ1n) is 12.5. The Kier molecular flexibility index (Phi) is 8.70. The zero-order chi connectivity index (χ0) is 23.6. The van der Waals surface area contributed by atoms with E-state index in [0.29, 0.717) is 24.9 Å². The Hall–Kier alpha value is -3.17. The molecule has 34 heavy (non-hydrogen) atoms. The van der Waals surface area contributed by atoms with Crippen molar-refractivity contribution < 1.29 is 4.79 Å². The minimum atomic E-state index is 0.218. The second-order valence-corrected chi connectivity index (χ2v) is 9.30. The van der Waals surface area contributed by atoms with E-state index in [2.05, 4.69) is 70.9 Å². The lowest BCUT2D eigenvalue weighted by atomic mass is 9.81. The van der Waals surface area contributed by atoms with Crippen LogP contribution in [0, 0.1) is 0 Å². The van der Waals surface area contributed by atoms with Gasteiger partial charge in [-0.05, 0) is 60.9 Å². The van der Waals surface area contributed by atoms with Gasteiger partial charge in [0.2, 0.25) is 5.91 Å². The van der Waals surface area contributed by atoms with E-state index in [-0.39, 0.29) is 5.91 Å². The summed E-state index contributed by atoms with van der Waals surface area (Å²) in [4.78, 5) is 15.5. The first kappa shape index (κ1) is 24.0. The number of hydrogen-bond donors (Lipinski definition) is 1. The molecule has 0 aromatic heterocycles. The standard InChI is InChI=1S/C31H36N2O/c1-32-23-26-15-17-28(18-16-26)29-19-21-30(22-20-29)33(24-27-11-6-3-7-12-27)31(34)14-8-13-25-9-4-2-5-10-25/h2-13,15-18,29-30,32H,14,19-24H2,1H3/b13-8+. The molecule has 3 nitrogen and oxygen atoms in total. The number of carbonyl (C=O) groups excluding carboxylic acids is 1. The fourth-order valence-corrected chi connectivity index (χ4v) is 5.01. The van der Waals surface area contributed by atoms with Gasteiger partial charge in [-0.1, -0.05) is 97.1 Å². The molecular formula is C31H36N2O. The Morgan fingerprint density at radius 3 is 2.15 bits per heavy atom. The molecule has 0 spiro atoms. The van der Waals surface area contributed by atoms with Crippen LogP contribution in [-0.2, 0) is 17.9 Å². The second-order valence-electron chi connectivity index (χ2n) is 9.30. The average Bonchev–Trinajstić information content (AvgIpc) is 2.89. The molecule has 3 aromatic carbocycles. The summed E-state index contributed by atoms with van der Waals surface area (Å²) in [7, 11) is 1.98. The van der Waals surface area contributed by atoms with Gasteiger partial charge in [-0.3, -0.25) is 4.79 Å². The van der Waals surface area contributed by atoms with Crippen molar-refractivity contribution in [2.75, 3.05) is 7.05 Å². The molecule has 0 heterocycles. The van der Waals surface area contributed by atoms with Gasteiger partial charge < -0.3 is 10.2 Å². The zero-order valence-electron chi connectivity index (χ0n) is 20.2. The lowest BCUT2D eigenvalue weighted by Crippen LogP contribution is -2.41. The van der Waals surface area contributed by atoms with Gasteiger partial charge in [0.15, 0.2) is 0 Å². The van der Waals surface area contributed by atoms with Crippen LogP contribution in [-0.4, -0.2) is 23.9 Å². The van der Waals surface area contributed by atoms with E-state index in [4.69, 9.17) is 0 Å². The van der Waals surface area contributed by atoms with Crippen LogP contribution in [0.5, 0.6) is 0 Å². The Bertz CT molecular complexity index is 1040. The molecule has 0 atom stereocenters. The summed E-state index contributed by atoms with van der Waals surface area (Å²) in [5, 5.41) is 3.21. The monoisotopic (exact) mass is 452 g/mol. The summed E-state index contributed by atoms with van der Waals surface area (Å²) in [6.45, 7) is 1.59. The summed E-state index contributed by atoms with van der Waals surface area (Å²) in [6.07, 6.45) is 8.88. The summed E-state index contributed by atoms with van der Waals surface area (Å²) >= 11 is 0. The highest BCUT2D eigenvalue weighted by Gasteiger charge is 2.29. The zero-order valence-corrected chi connectivity index (χ0v) is 20.2. The van der Waals surface area contributed by atoms with E-state index in [9.17, 15) is 4.79 Å². The molecule has 0 saturated heterocycles. The maximum absolute atomic E-state index is 13.4. The molecule has 1 aliphatic rings. The Morgan fingerprint density at radius 2 is 1.50 bits per heavy atom. The van der Waals surface area contributed by atoms with Crippen LogP contribution in [0.2, 0.25) is 0 Å². The van der Waals surface area contributed by atoms with Gasteiger partial charge in [0, 0.05) is 25.6 Å². The predicted molar refractivity (Wildman–Crippen MR) is 141 cm³/mol. The van der Waals surface area contributed by atoms with Gasteiger partial charge in [-0.15, -0.1) is 0 Å². The Labute approximate surface area is 204 Å². The highest BCUT2D eigenvalue weighted by Crippen LogP contribution is 2.35. The van der Waals surface area contributed by atoms with Crippen molar-refractivity contribution in [3.63, 3.8) is 0 Å². The molecule has 0 bridgehead atoms. The number of nitrogens with one attached hydrogen (secondary N) is 1. The van der Waals surface area contributed by atoms with Gasteiger partial charge in [0.1, 0.15) is 0 Å². The SMILES string of the molecule is CNCc1ccc(C2CCC(N(Cc3ccccc3)C(=O)C/C=C/c3ccccc3)CC2)cc1. The molecule has 1 saturated carbocycles. The second kappa shape index (κ2) is 12.3. The van der Waals surface area contributed by atoms with Gasteiger partial charge in [-0.2, -0.15) is 0 Å². The lowest BCUT2D eigenvalue weighted by molar-refractivity contribution is -0.134. The minimum absolute atomic E-state index is 0.218. The maximum Gasteiger partial charge on any atom is 0.226 e. The molecule has 4 rings (SSSR count). The fourth-order valence-electron chi connectivity index (χ4n) is 5.01. The van der Waals surface area contributed by atoms with Gasteiger partial charge in [0.05, 0.1) is 0 Å². The molecule has 3 heteroatoms. The molecular weight excluding hydrogens is 416 g/mol. The Balaban J connectivity index is 1.40. The molecule has 3 aromatic rings. The van der Waals surface area contributed by atoms with Crippen molar-refractivity contribution in [1.29, 1.82) is 0 Å². The third-order valence-electron chi connectivity index (χ3n) is 6.89. The summed E-state index contributed by atoms with van der Waals surface area (Å²) in [5.41, 5.74) is 5.09. The highest BCUT2D eigenvalue weighted by molar-refractivity contribution is 5.79. The number of hydrogen-bond acceptors (Lipinski definition) is 2. The highest BCUT2D eigenvalue weighted by atomic mass is 16.2. The van der Waals surface area contributed by atoms with Gasteiger partial charge >= 0.3 is 0 Å². The molecule has 176 valence electrons. The topological polar surface area (TPSA) is 32.3 Å². The molecule has 1 amide bonds. The van der Waals surface area contributed by atoms with Gasteiger partial charge in [-0.25, -0.2) is 0 Å². The molecule has 1 N–H and O–H groups in total. The van der Waals surface area contributed by atoms with E-state index in [1.165, 1.54) is 16.7 Å². The molecule has 1 aliphatic carbocycles. The summed E-state index contributed by atoms with van der Waals surface area (Å²) in [6, 6.07) is 29.9. The number of rotatable bonds is 9. The van der Waals surface area contributed by atoms with Crippen LogP contribution in [0.3, 0.4) is 0 Å². The van der Waals surface area contributed by atoms with E-state index in [1.807, 2.05) is 43.5 Å². The molecule has 0 radical (unpaired) electrons. The van der Waals surface area contributed by atoms with Crippen LogP contribution < -0.4 is 5.32 Å². The van der Waals surface area contributed by atoms with E-state index < -0.39 is 0 Å². The normalized spacial score (nSPS) is 18.1. The van der Waals surface area contributed by atoms with Crippen LogP contribution in [0.15, 0.2) is 91.0 Å². The molecule has 1 fully saturated rings. The maximum atomic E-state index is 13.4. The van der Waals surface area contributed by atoms with Crippen LogP contribution in [0.25, 0.3) is 6.08 Å². The van der Waals surface area contributed by atoms with Crippen LogP contribution >= 0.6 is 0 Å². The molecule has 0 unspecified atom stereocenters. The van der Waals surface area contributed by atoms with Crippen molar-refractivity contribution >= 4 is 12.0 Å². The number of benzene rings is 3. The summed E-state index contributed by atoms with van der Waals surface area (Å²) in [5.74, 6) is 0.808. The van der Waals surface area contributed by atoms with Crippen molar-refractivity contribution in [1.82, 2.24) is 10.2 Å². The lowest BCUT2D eigenvalue weighted by Gasteiger charge is -2.37.